The number of rotatable bonds is 3. The number of carbonyl (C=O) groups excluding carboxylic acids is 1. The largest absolute Gasteiger partial charge is 0.342 e. The number of hydrogen-bond acceptors (Lipinski definition) is 3. The molecular weight excluding hydrogens is 374 g/mol. The highest BCUT2D eigenvalue weighted by molar-refractivity contribution is 7.89. The maximum atomic E-state index is 13.1. The molecular formula is C21H21N3O3S. The van der Waals surface area contributed by atoms with Crippen molar-refractivity contribution in [2.75, 3.05) is 18.0 Å². The number of anilines is 1. The van der Waals surface area contributed by atoms with Gasteiger partial charge in [0.25, 0.3) is 0 Å². The zero-order valence-electron chi connectivity index (χ0n) is 15.4. The fourth-order valence-electron chi connectivity index (χ4n) is 4.21. The lowest BCUT2D eigenvalue weighted by atomic mass is 10.2. The van der Waals surface area contributed by atoms with Crippen LogP contribution < -0.4 is 4.90 Å². The number of sulfonamides is 1. The molecule has 2 aliphatic rings. The van der Waals surface area contributed by atoms with E-state index in [0.29, 0.717) is 32.6 Å². The second-order valence-electron chi connectivity index (χ2n) is 7.33. The molecule has 1 amide bonds. The van der Waals surface area contributed by atoms with Gasteiger partial charge in [-0.2, -0.15) is 4.31 Å². The van der Waals surface area contributed by atoms with Crippen molar-refractivity contribution in [1.82, 2.24) is 8.87 Å². The lowest BCUT2D eigenvalue weighted by Gasteiger charge is -2.28. The van der Waals surface area contributed by atoms with Crippen molar-refractivity contribution in [1.29, 1.82) is 0 Å². The predicted octanol–water partition coefficient (Wildman–Crippen LogP) is 2.97. The molecule has 2 aromatic carbocycles. The summed E-state index contributed by atoms with van der Waals surface area (Å²) in [6, 6.07) is 16.9. The standard InChI is InChI=1S/C21H21N3O3S/c25-21-6-3-11-24(21)17-7-9-19(10-8-17)28(26,27)22-12-13-23-18(15-22)14-16-4-1-2-5-20(16)23/h1-2,4-5,7-10,14H,3,6,11-13,15H2. The van der Waals surface area contributed by atoms with Gasteiger partial charge in [-0.05, 0) is 48.2 Å². The molecule has 3 heterocycles. The van der Waals surface area contributed by atoms with Crippen LogP contribution in [0.15, 0.2) is 59.5 Å². The van der Waals surface area contributed by atoms with Gasteiger partial charge in [-0.1, -0.05) is 18.2 Å². The summed E-state index contributed by atoms with van der Waals surface area (Å²) in [5.41, 5.74) is 2.92. The van der Waals surface area contributed by atoms with Crippen molar-refractivity contribution in [3.63, 3.8) is 0 Å². The number of hydrogen-bond donors (Lipinski definition) is 0. The monoisotopic (exact) mass is 395 g/mol. The van der Waals surface area contributed by atoms with Gasteiger partial charge in [0.05, 0.1) is 11.4 Å². The van der Waals surface area contributed by atoms with Crippen LogP contribution in [0.25, 0.3) is 10.9 Å². The number of para-hydroxylation sites is 1. The van der Waals surface area contributed by atoms with Crippen LogP contribution in [0.2, 0.25) is 0 Å². The van der Waals surface area contributed by atoms with Gasteiger partial charge in [-0.3, -0.25) is 4.79 Å². The first-order chi connectivity index (χ1) is 13.5. The van der Waals surface area contributed by atoms with Crippen LogP contribution in [0.5, 0.6) is 0 Å². The second-order valence-corrected chi connectivity index (χ2v) is 9.27. The summed E-state index contributed by atoms with van der Waals surface area (Å²) in [6.45, 7) is 2.15. The Labute approximate surface area is 164 Å². The van der Waals surface area contributed by atoms with Crippen LogP contribution >= 0.6 is 0 Å². The first-order valence-corrected chi connectivity index (χ1v) is 11.0. The van der Waals surface area contributed by atoms with Gasteiger partial charge in [0, 0.05) is 43.0 Å². The Bertz CT molecular complexity index is 1170. The number of amides is 1. The molecule has 5 rings (SSSR count). The Morgan fingerprint density at radius 1 is 0.893 bits per heavy atom. The van der Waals surface area contributed by atoms with E-state index >= 15 is 0 Å². The fourth-order valence-corrected chi connectivity index (χ4v) is 5.61. The highest BCUT2D eigenvalue weighted by Crippen LogP contribution is 2.29. The van der Waals surface area contributed by atoms with E-state index in [1.165, 1.54) is 4.31 Å². The lowest BCUT2D eigenvalue weighted by Crippen LogP contribution is -2.38. The lowest BCUT2D eigenvalue weighted by molar-refractivity contribution is -0.117. The van der Waals surface area contributed by atoms with E-state index in [2.05, 4.69) is 22.8 Å². The molecule has 0 N–H and O–H groups in total. The van der Waals surface area contributed by atoms with Gasteiger partial charge in [-0.15, -0.1) is 0 Å². The van der Waals surface area contributed by atoms with Crippen molar-refractivity contribution in [3.8, 4) is 0 Å². The maximum absolute atomic E-state index is 13.1. The third-order valence-corrected chi connectivity index (χ3v) is 7.53. The molecule has 0 radical (unpaired) electrons. The summed E-state index contributed by atoms with van der Waals surface area (Å²) < 4.78 is 30.0. The Hall–Kier alpha value is -2.64. The smallest absolute Gasteiger partial charge is 0.243 e. The molecule has 1 saturated heterocycles. The van der Waals surface area contributed by atoms with Crippen LogP contribution in [0, 0.1) is 0 Å². The summed E-state index contributed by atoms with van der Waals surface area (Å²) >= 11 is 0. The summed E-state index contributed by atoms with van der Waals surface area (Å²) in [7, 11) is -3.58. The Morgan fingerprint density at radius 3 is 2.43 bits per heavy atom. The molecule has 0 saturated carbocycles. The summed E-state index contributed by atoms with van der Waals surface area (Å²) in [4.78, 5) is 13.9. The van der Waals surface area contributed by atoms with Gasteiger partial charge < -0.3 is 9.47 Å². The van der Waals surface area contributed by atoms with Gasteiger partial charge in [-0.25, -0.2) is 8.42 Å². The van der Waals surface area contributed by atoms with E-state index in [4.69, 9.17) is 0 Å². The summed E-state index contributed by atoms with van der Waals surface area (Å²) in [5, 5.41) is 1.14. The van der Waals surface area contributed by atoms with E-state index in [9.17, 15) is 13.2 Å². The molecule has 6 nitrogen and oxygen atoms in total. The molecule has 7 heteroatoms. The van der Waals surface area contributed by atoms with Gasteiger partial charge in [0.2, 0.25) is 15.9 Å². The normalized spacial score (nSPS) is 18.0. The minimum Gasteiger partial charge on any atom is -0.342 e. The third-order valence-electron chi connectivity index (χ3n) is 5.67. The molecule has 2 aliphatic heterocycles. The van der Waals surface area contributed by atoms with Gasteiger partial charge in [0.15, 0.2) is 0 Å². The molecule has 0 unspecified atom stereocenters. The Balaban J connectivity index is 1.42. The van der Waals surface area contributed by atoms with E-state index < -0.39 is 10.0 Å². The molecule has 0 bridgehead atoms. The van der Waals surface area contributed by atoms with Crippen molar-refractivity contribution in [2.24, 2.45) is 0 Å². The van der Waals surface area contributed by atoms with Crippen molar-refractivity contribution >= 4 is 32.5 Å². The maximum Gasteiger partial charge on any atom is 0.243 e. The molecule has 0 atom stereocenters. The van der Waals surface area contributed by atoms with E-state index in [-0.39, 0.29) is 10.8 Å². The minimum atomic E-state index is -3.58. The Morgan fingerprint density at radius 2 is 1.68 bits per heavy atom. The summed E-state index contributed by atoms with van der Waals surface area (Å²) in [6.07, 6.45) is 1.41. The third kappa shape index (κ3) is 2.73. The van der Waals surface area contributed by atoms with Crippen molar-refractivity contribution < 1.29 is 13.2 Å². The van der Waals surface area contributed by atoms with Gasteiger partial charge >= 0.3 is 0 Å². The zero-order valence-corrected chi connectivity index (χ0v) is 16.2. The summed E-state index contributed by atoms with van der Waals surface area (Å²) in [5.74, 6) is 0.0967. The minimum absolute atomic E-state index is 0.0967. The zero-order chi connectivity index (χ0) is 19.3. The SMILES string of the molecule is O=C1CCCN1c1ccc(S(=O)(=O)N2CCn3c(cc4ccccc43)C2)cc1. The second kappa shape index (κ2) is 6.46. The molecule has 0 aliphatic carbocycles. The topological polar surface area (TPSA) is 62.6 Å². The van der Waals surface area contributed by atoms with Crippen molar-refractivity contribution in [2.45, 2.75) is 30.8 Å². The number of carbonyl (C=O) groups is 1. The number of benzene rings is 2. The van der Waals surface area contributed by atoms with E-state index in [0.717, 1.165) is 28.7 Å². The number of aromatic nitrogens is 1. The molecule has 28 heavy (non-hydrogen) atoms. The van der Waals surface area contributed by atoms with Crippen LogP contribution in [0.3, 0.4) is 0 Å². The molecule has 1 aromatic heterocycles. The predicted molar refractivity (Wildman–Crippen MR) is 108 cm³/mol. The van der Waals surface area contributed by atoms with Crippen LogP contribution in [0.1, 0.15) is 18.5 Å². The highest BCUT2D eigenvalue weighted by Gasteiger charge is 2.30. The average Bonchev–Trinajstić information content (AvgIpc) is 3.30. The molecule has 144 valence electrons. The Kier molecular flexibility index (Phi) is 4.03. The van der Waals surface area contributed by atoms with Crippen LogP contribution in [-0.4, -0.2) is 36.3 Å². The van der Waals surface area contributed by atoms with E-state index in [1.807, 2.05) is 12.1 Å². The number of fused-ring (bicyclic) bond motifs is 3. The molecule has 3 aromatic rings. The first-order valence-electron chi connectivity index (χ1n) is 9.52. The fraction of sp³-hybridized carbons (Fsp3) is 0.286. The van der Waals surface area contributed by atoms with Crippen LogP contribution in [0.4, 0.5) is 5.69 Å². The average molecular weight is 395 g/mol. The van der Waals surface area contributed by atoms with E-state index in [1.54, 1.807) is 29.2 Å². The van der Waals surface area contributed by atoms with Crippen LogP contribution in [-0.2, 0) is 27.9 Å². The van der Waals surface area contributed by atoms with Crippen molar-refractivity contribution in [3.05, 3.63) is 60.3 Å². The number of nitrogens with zero attached hydrogens (tertiary/aromatic N) is 3. The molecule has 0 spiro atoms. The van der Waals surface area contributed by atoms with Gasteiger partial charge in [0.1, 0.15) is 0 Å². The molecule has 1 fully saturated rings. The quantitative estimate of drug-likeness (QED) is 0.685. The highest BCUT2D eigenvalue weighted by atomic mass is 32.2. The first kappa shape index (κ1) is 17.5.